The molecule has 0 unspecified atom stereocenters. The van der Waals surface area contributed by atoms with Gasteiger partial charge in [0.15, 0.2) is 0 Å². The van der Waals surface area contributed by atoms with Crippen molar-refractivity contribution in [3.8, 4) is 11.3 Å². The zero-order valence-corrected chi connectivity index (χ0v) is 16.2. The third-order valence-corrected chi connectivity index (χ3v) is 5.14. The molecule has 0 N–H and O–H groups in total. The van der Waals surface area contributed by atoms with Crippen LogP contribution in [0.15, 0.2) is 62.4 Å². The molecule has 0 saturated heterocycles. The summed E-state index contributed by atoms with van der Waals surface area (Å²) in [6.07, 6.45) is 1.91. The number of benzene rings is 2. The van der Waals surface area contributed by atoms with Crippen molar-refractivity contribution in [3.63, 3.8) is 0 Å². The van der Waals surface area contributed by atoms with Crippen LogP contribution in [0.4, 0.5) is 0 Å². The van der Waals surface area contributed by atoms with Gasteiger partial charge >= 0.3 is 0 Å². The Kier molecular flexibility index (Phi) is 5.11. The molecule has 2 aromatic carbocycles. The normalized spacial score (nSPS) is 12.2. The minimum atomic E-state index is 0.867. The summed E-state index contributed by atoms with van der Waals surface area (Å²) >= 11 is 5.12. The highest BCUT2D eigenvalue weighted by molar-refractivity contribution is 9.10. The summed E-state index contributed by atoms with van der Waals surface area (Å²) in [5.41, 5.74) is 5.69. The van der Waals surface area contributed by atoms with Gasteiger partial charge < -0.3 is 0 Å². The highest BCUT2D eigenvalue weighted by Gasteiger charge is 2.07. The lowest BCUT2D eigenvalue weighted by molar-refractivity contribution is 0.848. The van der Waals surface area contributed by atoms with Crippen molar-refractivity contribution >= 4 is 33.5 Å². The van der Waals surface area contributed by atoms with Gasteiger partial charge in [0.25, 0.3) is 0 Å². The maximum absolute atomic E-state index is 4.71. The van der Waals surface area contributed by atoms with E-state index in [1.54, 1.807) is 18.4 Å². The van der Waals surface area contributed by atoms with E-state index in [-0.39, 0.29) is 0 Å². The fourth-order valence-corrected chi connectivity index (χ4v) is 3.63. The van der Waals surface area contributed by atoms with Gasteiger partial charge in [-0.25, -0.2) is 4.68 Å². The first-order valence-electron chi connectivity index (χ1n) is 7.59. The van der Waals surface area contributed by atoms with Crippen LogP contribution in [0, 0.1) is 13.8 Å². The summed E-state index contributed by atoms with van der Waals surface area (Å²) in [6.45, 7) is 4.19. The molecule has 5 heteroatoms. The molecule has 0 saturated carbocycles. The van der Waals surface area contributed by atoms with E-state index in [4.69, 9.17) is 5.10 Å². The van der Waals surface area contributed by atoms with E-state index in [2.05, 4.69) is 70.5 Å². The SMILES string of the molecule is CN=c1scc(-c2cccc(Br)c2)n1/N=C\c1cc(C)ccc1C. The number of hydrogen-bond acceptors (Lipinski definition) is 3. The van der Waals surface area contributed by atoms with Crippen molar-refractivity contribution in [1.82, 2.24) is 4.68 Å². The van der Waals surface area contributed by atoms with Crippen LogP contribution >= 0.6 is 27.3 Å². The molecule has 122 valence electrons. The van der Waals surface area contributed by atoms with Crippen LogP contribution in [0.3, 0.4) is 0 Å². The minimum Gasteiger partial charge on any atom is -0.261 e. The van der Waals surface area contributed by atoms with Crippen molar-refractivity contribution in [2.75, 3.05) is 7.05 Å². The number of halogens is 1. The van der Waals surface area contributed by atoms with Crippen molar-refractivity contribution in [1.29, 1.82) is 0 Å². The van der Waals surface area contributed by atoms with E-state index in [9.17, 15) is 0 Å². The van der Waals surface area contributed by atoms with E-state index in [0.717, 1.165) is 26.1 Å². The average molecular weight is 400 g/mol. The standard InChI is InChI=1S/C19H18BrN3S/c1-13-7-8-14(2)16(9-13)11-22-23-18(12-24-19(23)21-3)15-5-4-6-17(20)10-15/h4-12H,1-3H3/b21-19?,22-11-. The van der Waals surface area contributed by atoms with E-state index in [1.165, 1.54) is 11.1 Å². The summed E-state index contributed by atoms with van der Waals surface area (Å²) in [4.78, 5) is 5.21. The number of thiazole rings is 1. The molecule has 3 aromatic rings. The summed E-state index contributed by atoms with van der Waals surface area (Å²) in [5, 5.41) is 6.80. The van der Waals surface area contributed by atoms with Crippen LogP contribution in [0.5, 0.6) is 0 Å². The third kappa shape index (κ3) is 3.57. The first kappa shape index (κ1) is 16.9. The third-order valence-electron chi connectivity index (χ3n) is 3.74. The van der Waals surface area contributed by atoms with Gasteiger partial charge in [-0.2, -0.15) is 5.10 Å². The Bertz CT molecular complexity index is 967. The molecule has 1 aromatic heterocycles. The van der Waals surface area contributed by atoms with Gasteiger partial charge in [-0.1, -0.05) is 51.8 Å². The lowest BCUT2D eigenvalue weighted by atomic mass is 10.1. The van der Waals surface area contributed by atoms with Gasteiger partial charge in [0.1, 0.15) is 0 Å². The number of hydrogen-bond donors (Lipinski definition) is 0. The van der Waals surface area contributed by atoms with Gasteiger partial charge in [0, 0.05) is 22.5 Å². The van der Waals surface area contributed by atoms with Crippen molar-refractivity contribution in [3.05, 3.63) is 73.8 Å². The second-order valence-corrected chi connectivity index (χ2v) is 7.31. The molecule has 0 amide bonds. The van der Waals surface area contributed by atoms with E-state index in [1.807, 2.05) is 23.0 Å². The minimum absolute atomic E-state index is 0.867. The van der Waals surface area contributed by atoms with Crippen LogP contribution in [0.1, 0.15) is 16.7 Å². The summed E-state index contributed by atoms with van der Waals surface area (Å²) in [5.74, 6) is 0. The number of rotatable bonds is 3. The van der Waals surface area contributed by atoms with Gasteiger partial charge in [-0.15, -0.1) is 11.3 Å². The first-order chi connectivity index (χ1) is 11.6. The van der Waals surface area contributed by atoms with Crippen molar-refractivity contribution in [2.24, 2.45) is 10.1 Å². The number of nitrogens with zero attached hydrogens (tertiary/aromatic N) is 3. The molecule has 0 fully saturated rings. The van der Waals surface area contributed by atoms with Crippen molar-refractivity contribution in [2.45, 2.75) is 13.8 Å². The fraction of sp³-hybridized carbons (Fsp3) is 0.158. The summed E-state index contributed by atoms with van der Waals surface area (Å²) in [6, 6.07) is 14.6. The Balaban J connectivity index is 2.09. The zero-order valence-electron chi connectivity index (χ0n) is 13.8. The predicted octanol–water partition coefficient (Wildman–Crippen LogP) is 5.01. The molecule has 0 aliphatic heterocycles. The molecule has 0 bridgehead atoms. The average Bonchev–Trinajstić information content (AvgIpc) is 2.98. The second kappa shape index (κ2) is 7.28. The lowest BCUT2D eigenvalue weighted by Crippen LogP contribution is -2.11. The lowest BCUT2D eigenvalue weighted by Gasteiger charge is -2.05. The molecular weight excluding hydrogens is 382 g/mol. The molecule has 1 heterocycles. The maximum Gasteiger partial charge on any atom is 0.205 e. The van der Waals surface area contributed by atoms with Crippen LogP contribution in [-0.2, 0) is 0 Å². The monoisotopic (exact) mass is 399 g/mol. The summed E-state index contributed by atoms with van der Waals surface area (Å²) in [7, 11) is 1.79. The molecule has 3 rings (SSSR count). The highest BCUT2D eigenvalue weighted by atomic mass is 79.9. The molecule has 0 spiro atoms. The molecule has 0 atom stereocenters. The second-order valence-electron chi connectivity index (χ2n) is 5.55. The van der Waals surface area contributed by atoms with E-state index >= 15 is 0 Å². The smallest absolute Gasteiger partial charge is 0.205 e. The van der Waals surface area contributed by atoms with Gasteiger partial charge in [0.05, 0.1) is 11.9 Å². The Morgan fingerprint density at radius 3 is 2.71 bits per heavy atom. The largest absolute Gasteiger partial charge is 0.261 e. The Hall–Kier alpha value is -1.98. The Labute approximate surface area is 154 Å². The van der Waals surface area contributed by atoms with E-state index < -0.39 is 0 Å². The first-order valence-corrected chi connectivity index (χ1v) is 9.26. The van der Waals surface area contributed by atoms with Crippen LogP contribution in [0.2, 0.25) is 0 Å². The predicted molar refractivity (Wildman–Crippen MR) is 106 cm³/mol. The van der Waals surface area contributed by atoms with Crippen molar-refractivity contribution < 1.29 is 0 Å². The van der Waals surface area contributed by atoms with E-state index in [0.29, 0.717) is 0 Å². The molecule has 0 aliphatic rings. The van der Waals surface area contributed by atoms with Crippen LogP contribution < -0.4 is 4.80 Å². The van der Waals surface area contributed by atoms with Crippen LogP contribution in [-0.4, -0.2) is 17.9 Å². The fourth-order valence-electron chi connectivity index (χ4n) is 2.43. The molecule has 3 nitrogen and oxygen atoms in total. The quantitative estimate of drug-likeness (QED) is 0.554. The molecular formula is C19H18BrN3S. The number of aryl methyl sites for hydroxylation is 2. The Morgan fingerprint density at radius 2 is 1.96 bits per heavy atom. The maximum atomic E-state index is 4.71. The Morgan fingerprint density at radius 1 is 1.12 bits per heavy atom. The van der Waals surface area contributed by atoms with Gasteiger partial charge in [-0.05, 0) is 37.1 Å². The van der Waals surface area contributed by atoms with Gasteiger partial charge in [0.2, 0.25) is 4.80 Å². The summed E-state index contributed by atoms with van der Waals surface area (Å²) < 4.78 is 2.94. The number of aromatic nitrogens is 1. The highest BCUT2D eigenvalue weighted by Crippen LogP contribution is 2.23. The molecule has 0 radical (unpaired) electrons. The molecule has 0 aliphatic carbocycles. The zero-order chi connectivity index (χ0) is 17.1. The molecule has 24 heavy (non-hydrogen) atoms. The topological polar surface area (TPSA) is 29.6 Å². The van der Waals surface area contributed by atoms with Crippen LogP contribution in [0.25, 0.3) is 11.3 Å². The van der Waals surface area contributed by atoms with Gasteiger partial charge in [-0.3, -0.25) is 4.99 Å².